The Morgan fingerprint density at radius 2 is 2.11 bits per heavy atom. The van der Waals surface area contributed by atoms with Crippen molar-refractivity contribution in [2.45, 2.75) is 0 Å². The zero-order valence-corrected chi connectivity index (χ0v) is 10.3. The summed E-state index contributed by atoms with van der Waals surface area (Å²) in [7, 11) is 0. The van der Waals surface area contributed by atoms with Gasteiger partial charge in [-0.1, -0.05) is 11.8 Å². The number of nitrogens with zero attached hydrogens (tertiary/aromatic N) is 1. The smallest absolute Gasteiger partial charge is 0.265 e. The Morgan fingerprint density at radius 3 is 2.83 bits per heavy atom. The highest BCUT2D eigenvalue weighted by atomic mass is 32.1. The largest absolute Gasteiger partial charge is 0.321 e. The molecule has 0 aliphatic rings. The van der Waals surface area contributed by atoms with Gasteiger partial charge in [-0.25, -0.2) is 0 Å². The van der Waals surface area contributed by atoms with Gasteiger partial charge in [-0.3, -0.25) is 9.78 Å². The molecule has 2 heterocycles. The van der Waals surface area contributed by atoms with Gasteiger partial charge in [-0.05, 0) is 24.3 Å². The second kappa shape index (κ2) is 5.96. The van der Waals surface area contributed by atoms with Gasteiger partial charge in [0.15, 0.2) is 0 Å². The Morgan fingerprint density at radius 1 is 1.33 bits per heavy atom. The van der Waals surface area contributed by atoms with Crippen LogP contribution in [0.2, 0.25) is 0 Å². The van der Waals surface area contributed by atoms with Gasteiger partial charge < -0.3 is 11.1 Å². The first kappa shape index (κ1) is 12.3. The zero-order chi connectivity index (χ0) is 12.8. The van der Waals surface area contributed by atoms with E-state index in [1.54, 1.807) is 30.6 Å². The van der Waals surface area contributed by atoms with Crippen molar-refractivity contribution in [2.24, 2.45) is 5.73 Å². The molecule has 4 nitrogen and oxygen atoms in total. The van der Waals surface area contributed by atoms with Crippen molar-refractivity contribution < 1.29 is 4.79 Å². The summed E-state index contributed by atoms with van der Waals surface area (Å²) in [6.45, 7) is 0.316. The van der Waals surface area contributed by atoms with Crippen LogP contribution in [0.5, 0.6) is 0 Å². The van der Waals surface area contributed by atoms with Crippen LogP contribution in [-0.4, -0.2) is 17.4 Å². The Labute approximate surface area is 109 Å². The number of hydrogen-bond acceptors (Lipinski definition) is 4. The third-order valence-corrected chi connectivity index (χ3v) is 3.08. The Balaban J connectivity index is 2.08. The van der Waals surface area contributed by atoms with Crippen LogP contribution in [0.15, 0.2) is 36.7 Å². The number of anilines is 1. The minimum absolute atomic E-state index is 0.146. The maximum Gasteiger partial charge on any atom is 0.265 e. The molecule has 0 saturated carbocycles. The van der Waals surface area contributed by atoms with Gasteiger partial charge in [-0.15, -0.1) is 11.3 Å². The number of nitrogens with two attached hydrogens (primary N) is 1. The van der Waals surface area contributed by atoms with Crippen LogP contribution in [0.1, 0.15) is 14.5 Å². The van der Waals surface area contributed by atoms with Gasteiger partial charge in [0.05, 0.1) is 16.3 Å². The van der Waals surface area contributed by atoms with Gasteiger partial charge in [0.1, 0.15) is 0 Å². The van der Waals surface area contributed by atoms with Crippen molar-refractivity contribution in [3.05, 3.63) is 46.4 Å². The molecule has 0 atom stereocenters. The topological polar surface area (TPSA) is 68.0 Å². The second-order valence-electron chi connectivity index (χ2n) is 3.36. The second-order valence-corrected chi connectivity index (χ2v) is 4.44. The van der Waals surface area contributed by atoms with Gasteiger partial charge in [-0.2, -0.15) is 0 Å². The molecule has 0 unspecified atom stereocenters. The lowest BCUT2D eigenvalue weighted by molar-refractivity contribution is 0.103. The van der Waals surface area contributed by atoms with Gasteiger partial charge in [0.25, 0.3) is 5.91 Å². The lowest BCUT2D eigenvalue weighted by Gasteiger charge is -2.01. The number of rotatable bonds is 2. The Kier molecular flexibility index (Phi) is 4.07. The fourth-order valence-electron chi connectivity index (χ4n) is 1.29. The van der Waals surface area contributed by atoms with Crippen LogP contribution < -0.4 is 11.1 Å². The normalized spacial score (nSPS) is 9.39. The molecule has 0 aromatic carbocycles. The van der Waals surface area contributed by atoms with Gasteiger partial charge in [0, 0.05) is 18.1 Å². The highest BCUT2D eigenvalue weighted by molar-refractivity contribution is 7.14. The van der Waals surface area contributed by atoms with E-state index in [4.69, 9.17) is 5.73 Å². The molecule has 0 aliphatic heterocycles. The molecule has 2 aromatic rings. The summed E-state index contributed by atoms with van der Waals surface area (Å²) >= 11 is 1.34. The van der Waals surface area contributed by atoms with E-state index in [9.17, 15) is 4.79 Å². The molecule has 0 bridgehead atoms. The standard InChI is InChI=1S/C13H11N3OS/c14-7-1-2-11-3-4-12(18-11)13(17)16-10-5-8-15-9-6-10/h3-6,8-9H,7,14H2,(H,15,16,17). The first-order valence-electron chi connectivity index (χ1n) is 5.30. The summed E-state index contributed by atoms with van der Waals surface area (Å²) < 4.78 is 0. The highest BCUT2D eigenvalue weighted by Crippen LogP contribution is 2.17. The fourth-order valence-corrected chi connectivity index (χ4v) is 2.07. The van der Waals surface area contributed by atoms with Crippen LogP contribution in [0.3, 0.4) is 0 Å². The van der Waals surface area contributed by atoms with E-state index in [0.717, 1.165) is 10.6 Å². The van der Waals surface area contributed by atoms with Crippen molar-refractivity contribution >= 4 is 22.9 Å². The molecule has 5 heteroatoms. The van der Waals surface area contributed by atoms with Crippen LogP contribution in [0, 0.1) is 11.8 Å². The molecule has 0 saturated heterocycles. The number of aromatic nitrogens is 1. The van der Waals surface area contributed by atoms with E-state index in [0.29, 0.717) is 11.4 Å². The minimum Gasteiger partial charge on any atom is -0.321 e. The molecule has 3 N–H and O–H groups in total. The van der Waals surface area contributed by atoms with Gasteiger partial charge in [0.2, 0.25) is 0 Å². The Bertz CT molecular complexity index is 595. The van der Waals surface area contributed by atoms with E-state index < -0.39 is 0 Å². The van der Waals surface area contributed by atoms with E-state index in [2.05, 4.69) is 22.1 Å². The quantitative estimate of drug-likeness (QED) is 0.805. The van der Waals surface area contributed by atoms with Gasteiger partial charge >= 0.3 is 0 Å². The molecule has 2 aromatic heterocycles. The number of hydrogen-bond donors (Lipinski definition) is 2. The van der Waals surface area contributed by atoms with Crippen molar-refractivity contribution in [3.8, 4) is 11.8 Å². The van der Waals surface area contributed by atoms with Crippen molar-refractivity contribution in [2.75, 3.05) is 11.9 Å². The molecular formula is C13H11N3OS. The monoisotopic (exact) mass is 257 g/mol. The molecule has 1 amide bonds. The molecule has 0 fully saturated rings. The number of carbonyl (C=O) groups is 1. The first-order valence-corrected chi connectivity index (χ1v) is 6.11. The maximum atomic E-state index is 11.9. The summed E-state index contributed by atoms with van der Waals surface area (Å²) in [6.07, 6.45) is 3.25. The van der Waals surface area contributed by atoms with Crippen LogP contribution in [0.4, 0.5) is 5.69 Å². The number of amides is 1. The van der Waals surface area contributed by atoms with E-state index in [-0.39, 0.29) is 5.91 Å². The molecule has 90 valence electrons. The average molecular weight is 257 g/mol. The predicted molar refractivity (Wildman–Crippen MR) is 72.4 cm³/mol. The minimum atomic E-state index is -0.146. The molecular weight excluding hydrogens is 246 g/mol. The number of nitrogens with one attached hydrogen (secondary N) is 1. The lowest BCUT2D eigenvalue weighted by atomic mass is 10.3. The summed E-state index contributed by atoms with van der Waals surface area (Å²) in [5.41, 5.74) is 6.01. The first-order chi connectivity index (χ1) is 8.79. The van der Waals surface area contributed by atoms with Crippen molar-refractivity contribution in [1.29, 1.82) is 0 Å². The highest BCUT2D eigenvalue weighted by Gasteiger charge is 2.08. The molecule has 0 aliphatic carbocycles. The van der Waals surface area contributed by atoms with E-state index >= 15 is 0 Å². The van der Waals surface area contributed by atoms with E-state index in [1.165, 1.54) is 11.3 Å². The number of pyridine rings is 1. The summed E-state index contributed by atoms with van der Waals surface area (Å²) in [5, 5.41) is 2.79. The average Bonchev–Trinajstić information content (AvgIpc) is 2.86. The number of carbonyl (C=O) groups excluding carboxylic acids is 1. The Hall–Kier alpha value is -2.16. The van der Waals surface area contributed by atoms with Crippen LogP contribution in [-0.2, 0) is 0 Å². The zero-order valence-electron chi connectivity index (χ0n) is 9.51. The fraction of sp³-hybridized carbons (Fsp3) is 0.0769. The number of thiophene rings is 1. The molecule has 2 rings (SSSR count). The van der Waals surface area contributed by atoms with Crippen molar-refractivity contribution in [1.82, 2.24) is 4.98 Å². The lowest BCUT2D eigenvalue weighted by Crippen LogP contribution is -2.09. The summed E-state index contributed by atoms with van der Waals surface area (Å²) in [4.78, 5) is 17.2. The third-order valence-electron chi connectivity index (χ3n) is 2.08. The maximum absolute atomic E-state index is 11.9. The molecule has 0 spiro atoms. The van der Waals surface area contributed by atoms with Crippen LogP contribution in [0.25, 0.3) is 0 Å². The third kappa shape index (κ3) is 3.17. The molecule has 18 heavy (non-hydrogen) atoms. The van der Waals surface area contributed by atoms with Crippen molar-refractivity contribution in [3.63, 3.8) is 0 Å². The summed E-state index contributed by atoms with van der Waals surface area (Å²) in [6, 6.07) is 7.04. The predicted octanol–water partition coefficient (Wildman–Crippen LogP) is 1.71. The van der Waals surface area contributed by atoms with E-state index in [1.807, 2.05) is 6.07 Å². The van der Waals surface area contributed by atoms with Crippen LogP contribution >= 0.6 is 11.3 Å². The SMILES string of the molecule is NCC#Cc1ccc(C(=O)Nc2ccncc2)s1. The molecule has 0 radical (unpaired) electrons. The summed E-state index contributed by atoms with van der Waals surface area (Å²) in [5.74, 6) is 5.51.